The fraction of sp³-hybridized carbons (Fsp3) is 0.625. The number of alkyl halides is 2. The Balaban J connectivity index is 2.14. The predicted molar refractivity (Wildman–Crippen MR) is 82.5 cm³/mol. The van der Waals surface area contributed by atoms with Gasteiger partial charge in [-0.2, -0.15) is 0 Å². The van der Waals surface area contributed by atoms with Crippen LogP contribution in [0.1, 0.15) is 36.8 Å². The second kappa shape index (κ2) is 6.97. The van der Waals surface area contributed by atoms with Crippen LogP contribution in [0.15, 0.2) is 24.3 Å². The van der Waals surface area contributed by atoms with Gasteiger partial charge in [0.25, 0.3) is 0 Å². The molecule has 0 saturated carbocycles. The second-order valence-corrected chi connectivity index (χ2v) is 6.07. The van der Waals surface area contributed by atoms with Gasteiger partial charge in [-0.15, -0.1) is 23.2 Å². The van der Waals surface area contributed by atoms with Crippen molar-refractivity contribution in [2.45, 2.75) is 44.1 Å². The molecule has 0 spiro atoms. The Morgan fingerprint density at radius 2 is 2.00 bits per heavy atom. The summed E-state index contributed by atoms with van der Waals surface area (Å²) in [5.74, 6) is 1.13. The van der Waals surface area contributed by atoms with Crippen molar-refractivity contribution in [1.29, 1.82) is 0 Å². The van der Waals surface area contributed by atoms with Crippen molar-refractivity contribution in [3.8, 4) is 0 Å². The first-order valence-electron chi connectivity index (χ1n) is 7.01. The third kappa shape index (κ3) is 3.45. The zero-order valence-corrected chi connectivity index (χ0v) is 13.0. The zero-order chi connectivity index (χ0) is 13.7. The molecule has 0 amide bonds. The molecule has 19 heavy (non-hydrogen) atoms. The summed E-state index contributed by atoms with van der Waals surface area (Å²) in [7, 11) is 0. The summed E-state index contributed by atoms with van der Waals surface area (Å²) in [4.78, 5) is 0. The van der Waals surface area contributed by atoms with Crippen LogP contribution in [0.4, 0.5) is 0 Å². The molecule has 0 N–H and O–H groups in total. The molecule has 1 saturated heterocycles. The Labute approximate surface area is 126 Å². The lowest BCUT2D eigenvalue weighted by molar-refractivity contribution is 0.0976. The fourth-order valence-corrected chi connectivity index (χ4v) is 3.77. The molecule has 0 aromatic heterocycles. The van der Waals surface area contributed by atoms with Gasteiger partial charge in [0.1, 0.15) is 0 Å². The van der Waals surface area contributed by atoms with Gasteiger partial charge in [0.05, 0.1) is 6.10 Å². The molecule has 1 heterocycles. The lowest BCUT2D eigenvalue weighted by Gasteiger charge is -2.32. The van der Waals surface area contributed by atoms with Crippen LogP contribution in [0.3, 0.4) is 0 Å². The second-order valence-electron chi connectivity index (χ2n) is 5.54. The predicted octanol–water partition coefficient (Wildman–Crippen LogP) is 4.67. The normalized spacial score (nSPS) is 19.8. The number of hydrogen-bond acceptors (Lipinski definition) is 1. The molecule has 1 aromatic carbocycles. The van der Waals surface area contributed by atoms with Crippen LogP contribution in [0.25, 0.3) is 0 Å². The molecule has 3 heteroatoms. The van der Waals surface area contributed by atoms with Gasteiger partial charge < -0.3 is 4.74 Å². The van der Waals surface area contributed by atoms with Crippen molar-refractivity contribution in [1.82, 2.24) is 0 Å². The molecule has 0 radical (unpaired) electrons. The molecule has 0 aliphatic carbocycles. The Bertz CT molecular complexity index is 395. The van der Waals surface area contributed by atoms with Gasteiger partial charge >= 0.3 is 0 Å². The number of hydrogen-bond donors (Lipinski definition) is 0. The lowest BCUT2D eigenvalue weighted by atomic mass is 9.77. The number of aryl methyl sites for hydroxylation is 1. The zero-order valence-electron chi connectivity index (χ0n) is 11.5. The summed E-state index contributed by atoms with van der Waals surface area (Å²) < 4.78 is 5.72. The maximum atomic E-state index is 6.29. The van der Waals surface area contributed by atoms with Crippen molar-refractivity contribution in [2.75, 3.05) is 18.4 Å². The first kappa shape index (κ1) is 15.2. The molecular formula is C16H22Cl2O. The first-order valence-corrected chi connectivity index (χ1v) is 8.08. The van der Waals surface area contributed by atoms with Gasteiger partial charge in [-0.1, -0.05) is 24.3 Å². The van der Waals surface area contributed by atoms with E-state index in [1.165, 1.54) is 24.0 Å². The highest BCUT2D eigenvalue weighted by atomic mass is 35.5. The molecule has 1 aromatic rings. The van der Waals surface area contributed by atoms with Gasteiger partial charge in [0.2, 0.25) is 0 Å². The van der Waals surface area contributed by atoms with E-state index in [-0.39, 0.29) is 5.41 Å². The molecule has 1 unspecified atom stereocenters. The minimum atomic E-state index is -0.125. The van der Waals surface area contributed by atoms with Crippen molar-refractivity contribution in [3.05, 3.63) is 35.4 Å². The number of benzene rings is 1. The van der Waals surface area contributed by atoms with Gasteiger partial charge in [-0.3, -0.25) is 0 Å². The van der Waals surface area contributed by atoms with Crippen molar-refractivity contribution in [3.63, 3.8) is 0 Å². The summed E-state index contributed by atoms with van der Waals surface area (Å²) in [5, 5.41) is 0. The maximum absolute atomic E-state index is 6.29. The summed E-state index contributed by atoms with van der Waals surface area (Å²) in [6, 6.07) is 8.43. The van der Waals surface area contributed by atoms with E-state index in [4.69, 9.17) is 27.9 Å². The van der Waals surface area contributed by atoms with Crippen LogP contribution in [-0.4, -0.2) is 24.5 Å². The van der Waals surface area contributed by atoms with E-state index in [2.05, 4.69) is 31.2 Å². The lowest BCUT2D eigenvalue weighted by Crippen LogP contribution is -2.32. The van der Waals surface area contributed by atoms with Gasteiger partial charge in [0, 0.05) is 23.8 Å². The number of rotatable bonds is 6. The Kier molecular flexibility index (Phi) is 5.56. The van der Waals surface area contributed by atoms with Gasteiger partial charge in [-0.05, 0) is 43.7 Å². The highest BCUT2D eigenvalue weighted by Gasteiger charge is 2.33. The average molecular weight is 301 g/mol. The molecular weight excluding hydrogens is 279 g/mol. The van der Waals surface area contributed by atoms with E-state index in [0.717, 1.165) is 19.4 Å². The highest BCUT2D eigenvalue weighted by molar-refractivity contribution is 6.22. The Morgan fingerprint density at radius 3 is 2.58 bits per heavy atom. The molecule has 0 bridgehead atoms. The minimum Gasteiger partial charge on any atom is -0.378 e. The van der Waals surface area contributed by atoms with Crippen LogP contribution in [0.5, 0.6) is 0 Å². The van der Waals surface area contributed by atoms with E-state index in [1.54, 1.807) is 0 Å². The summed E-state index contributed by atoms with van der Waals surface area (Å²) >= 11 is 12.6. The largest absolute Gasteiger partial charge is 0.378 e. The van der Waals surface area contributed by atoms with E-state index in [9.17, 15) is 0 Å². The first-order chi connectivity index (χ1) is 9.22. The SMILES string of the molecule is Cc1ccccc1C(CCl)(CCl)CCC1CCCO1. The number of ether oxygens (including phenoxy) is 1. The molecule has 106 valence electrons. The van der Waals surface area contributed by atoms with Gasteiger partial charge in [0.15, 0.2) is 0 Å². The van der Waals surface area contributed by atoms with Crippen molar-refractivity contribution < 1.29 is 4.74 Å². The van der Waals surface area contributed by atoms with Crippen LogP contribution in [-0.2, 0) is 10.2 Å². The van der Waals surface area contributed by atoms with Crippen LogP contribution in [0, 0.1) is 6.92 Å². The average Bonchev–Trinajstić information content (AvgIpc) is 2.95. The topological polar surface area (TPSA) is 9.23 Å². The monoisotopic (exact) mass is 300 g/mol. The van der Waals surface area contributed by atoms with E-state index in [0.29, 0.717) is 17.9 Å². The highest BCUT2D eigenvalue weighted by Crippen LogP contribution is 2.36. The van der Waals surface area contributed by atoms with Crippen LogP contribution >= 0.6 is 23.2 Å². The summed E-state index contributed by atoms with van der Waals surface area (Å²) in [6.45, 7) is 3.04. The third-order valence-corrected chi connectivity index (χ3v) is 5.22. The number of halogens is 2. The maximum Gasteiger partial charge on any atom is 0.0576 e. The minimum absolute atomic E-state index is 0.125. The van der Waals surface area contributed by atoms with Crippen LogP contribution < -0.4 is 0 Å². The molecule has 1 nitrogen and oxygen atoms in total. The summed E-state index contributed by atoms with van der Waals surface area (Å²) in [6.07, 6.45) is 4.80. The van der Waals surface area contributed by atoms with Crippen molar-refractivity contribution >= 4 is 23.2 Å². The third-order valence-electron chi connectivity index (χ3n) is 4.20. The Morgan fingerprint density at radius 1 is 1.26 bits per heavy atom. The molecule has 1 atom stereocenters. The van der Waals surface area contributed by atoms with Gasteiger partial charge in [-0.25, -0.2) is 0 Å². The Hall–Kier alpha value is -0.240. The molecule has 1 fully saturated rings. The van der Waals surface area contributed by atoms with E-state index in [1.807, 2.05) is 0 Å². The van der Waals surface area contributed by atoms with E-state index >= 15 is 0 Å². The molecule has 1 aliphatic rings. The summed E-state index contributed by atoms with van der Waals surface area (Å²) in [5.41, 5.74) is 2.44. The quantitative estimate of drug-likeness (QED) is 0.694. The molecule has 1 aliphatic heterocycles. The van der Waals surface area contributed by atoms with Crippen molar-refractivity contribution in [2.24, 2.45) is 0 Å². The van der Waals surface area contributed by atoms with Crippen LogP contribution in [0.2, 0.25) is 0 Å². The fourth-order valence-electron chi connectivity index (χ4n) is 2.93. The van der Waals surface area contributed by atoms with E-state index < -0.39 is 0 Å². The molecule has 2 rings (SSSR count). The smallest absolute Gasteiger partial charge is 0.0576 e. The standard InChI is InChI=1S/C16H22Cl2O/c1-13-5-2-3-7-15(13)16(11-17,12-18)9-8-14-6-4-10-19-14/h2-3,5,7,14H,4,6,8-12H2,1H3.